The van der Waals surface area contributed by atoms with Crippen LogP contribution in [0.15, 0.2) is 66.7 Å². The summed E-state index contributed by atoms with van der Waals surface area (Å²) in [5.41, 5.74) is 1.50. The summed E-state index contributed by atoms with van der Waals surface area (Å²) in [4.78, 5) is 24.7. The number of ether oxygens (including phenoxy) is 1. The quantitative estimate of drug-likeness (QED) is 0.517. The first-order valence-electron chi connectivity index (χ1n) is 9.78. The van der Waals surface area contributed by atoms with Gasteiger partial charge in [0, 0.05) is 22.9 Å². The summed E-state index contributed by atoms with van der Waals surface area (Å²) in [5.74, 6) is -0.266. The van der Waals surface area contributed by atoms with Crippen molar-refractivity contribution in [1.29, 1.82) is 0 Å². The molecule has 8 heteroatoms. The number of aryl methyl sites for hydroxylation is 1. The zero-order chi connectivity index (χ0) is 23.3. The van der Waals surface area contributed by atoms with E-state index in [1.807, 2.05) is 19.1 Å². The molecule has 0 radical (unpaired) electrons. The lowest BCUT2D eigenvalue weighted by molar-refractivity contribution is -0.137. The van der Waals surface area contributed by atoms with Crippen LogP contribution in [0.5, 0.6) is 5.75 Å². The number of alkyl halides is 3. The smallest absolute Gasteiger partial charge is 0.416 e. The Labute approximate surface area is 183 Å². The van der Waals surface area contributed by atoms with E-state index < -0.39 is 23.7 Å². The van der Waals surface area contributed by atoms with Crippen molar-refractivity contribution in [1.82, 2.24) is 5.32 Å². The van der Waals surface area contributed by atoms with Crippen LogP contribution in [0.25, 0.3) is 11.1 Å². The first-order valence-corrected chi connectivity index (χ1v) is 9.78. The molecule has 3 rings (SSSR count). The van der Waals surface area contributed by atoms with E-state index in [2.05, 4.69) is 10.6 Å². The molecule has 0 heterocycles. The third-order valence-corrected chi connectivity index (χ3v) is 4.83. The fourth-order valence-electron chi connectivity index (χ4n) is 3.25. The Balaban J connectivity index is 1.78. The number of hydrogen-bond acceptors (Lipinski definition) is 3. The van der Waals surface area contributed by atoms with Gasteiger partial charge >= 0.3 is 12.2 Å². The number of rotatable bonds is 5. The van der Waals surface area contributed by atoms with Crippen molar-refractivity contribution in [2.24, 2.45) is 0 Å². The van der Waals surface area contributed by atoms with Crippen LogP contribution in [0.1, 0.15) is 28.4 Å². The van der Waals surface area contributed by atoms with Gasteiger partial charge in [-0.05, 0) is 47.9 Å². The lowest BCUT2D eigenvalue weighted by atomic mass is 10.0. The van der Waals surface area contributed by atoms with Crippen LogP contribution >= 0.6 is 0 Å². The third-order valence-electron chi connectivity index (χ3n) is 4.83. The number of carbonyl (C=O) groups is 2. The van der Waals surface area contributed by atoms with E-state index in [1.165, 1.54) is 37.4 Å². The summed E-state index contributed by atoms with van der Waals surface area (Å²) < 4.78 is 44.4. The number of carbonyl (C=O) groups excluding carboxylic acids is 2. The minimum Gasteiger partial charge on any atom is -0.496 e. The second-order valence-corrected chi connectivity index (χ2v) is 6.91. The standard InChI is InChI=1S/C24H21F3N2O3/c1-3-15-7-4-5-10-20(15)22(30)29-23(31)28-18-11-12-19(21(14-18)32-2)16-8-6-9-17(13-16)24(25,26)27/h4-14H,3H2,1-2H3,(H2,28,29,30,31). The monoisotopic (exact) mass is 442 g/mol. The number of nitrogens with one attached hydrogen (secondary N) is 2. The third kappa shape index (κ3) is 5.26. The highest BCUT2D eigenvalue weighted by atomic mass is 19.4. The summed E-state index contributed by atoms with van der Waals surface area (Å²) in [6.07, 6.45) is -3.83. The van der Waals surface area contributed by atoms with E-state index in [4.69, 9.17) is 4.74 Å². The maximum Gasteiger partial charge on any atom is 0.416 e. The molecule has 3 aromatic carbocycles. The van der Waals surface area contributed by atoms with Crippen LogP contribution < -0.4 is 15.4 Å². The molecule has 0 unspecified atom stereocenters. The molecule has 32 heavy (non-hydrogen) atoms. The molecule has 0 bridgehead atoms. The molecule has 0 atom stereocenters. The van der Waals surface area contributed by atoms with E-state index in [0.29, 0.717) is 28.8 Å². The Morgan fingerprint density at radius 2 is 1.72 bits per heavy atom. The molecule has 0 spiro atoms. The highest BCUT2D eigenvalue weighted by molar-refractivity contribution is 6.08. The van der Waals surface area contributed by atoms with Crippen LogP contribution in [-0.2, 0) is 12.6 Å². The number of methoxy groups -OCH3 is 1. The Morgan fingerprint density at radius 3 is 2.41 bits per heavy atom. The van der Waals surface area contributed by atoms with Crippen LogP contribution in [0.4, 0.5) is 23.7 Å². The molecule has 2 N–H and O–H groups in total. The Morgan fingerprint density at radius 1 is 0.969 bits per heavy atom. The van der Waals surface area contributed by atoms with Gasteiger partial charge in [-0.2, -0.15) is 13.2 Å². The van der Waals surface area contributed by atoms with Crippen LogP contribution in [0.3, 0.4) is 0 Å². The number of imide groups is 1. The lowest BCUT2D eigenvalue weighted by Gasteiger charge is -2.14. The van der Waals surface area contributed by atoms with Crippen molar-refractivity contribution in [3.05, 3.63) is 83.4 Å². The van der Waals surface area contributed by atoms with Crippen LogP contribution in [0.2, 0.25) is 0 Å². The van der Waals surface area contributed by atoms with Crippen molar-refractivity contribution in [2.45, 2.75) is 19.5 Å². The summed E-state index contributed by atoms with van der Waals surface area (Å²) in [6, 6.07) is 15.6. The van der Waals surface area contributed by atoms with Gasteiger partial charge in [0.25, 0.3) is 5.91 Å². The van der Waals surface area contributed by atoms with Gasteiger partial charge in [-0.1, -0.05) is 37.3 Å². The SMILES string of the molecule is CCc1ccccc1C(=O)NC(=O)Nc1ccc(-c2cccc(C(F)(F)F)c2)c(OC)c1. The molecule has 166 valence electrons. The maximum absolute atomic E-state index is 13.0. The van der Waals surface area contributed by atoms with Crippen molar-refractivity contribution < 1.29 is 27.5 Å². The van der Waals surface area contributed by atoms with Crippen molar-refractivity contribution in [3.63, 3.8) is 0 Å². The molecule has 0 saturated heterocycles. The number of halogens is 3. The topological polar surface area (TPSA) is 67.4 Å². The summed E-state index contributed by atoms with van der Waals surface area (Å²) in [6.45, 7) is 1.91. The van der Waals surface area contributed by atoms with Gasteiger partial charge in [0.1, 0.15) is 5.75 Å². The van der Waals surface area contributed by atoms with Gasteiger partial charge in [-0.3, -0.25) is 10.1 Å². The molecule has 3 aromatic rings. The van der Waals surface area contributed by atoms with Crippen molar-refractivity contribution >= 4 is 17.6 Å². The zero-order valence-corrected chi connectivity index (χ0v) is 17.4. The van der Waals surface area contributed by atoms with Gasteiger partial charge in [-0.25, -0.2) is 4.79 Å². The lowest BCUT2D eigenvalue weighted by Crippen LogP contribution is -2.34. The number of urea groups is 1. The van der Waals surface area contributed by atoms with E-state index in [0.717, 1.165) is 17.7 Å². The Bertz CT molecular complexity index is 1140. The minimum atomic E-state index is -4.47. The van der Waals surface area contributed by atoms with Crippen molar-refractivity contribution in [3.8, 4) is 16.9 Å². The molecule has 3 amide bonds. The molecule has 0 aliphatic rings. The highest BCUT2D eigenvalue weighted by Gasteiger charge is 2.30. The molecule has 0 fully saturated rings. The van der Waals surface area contributed by atoms with Gasteiger partial charge in [0.15, 0.2) is 0 Å². The Kier molecular flexibility index (Phi) is 6.82. The van der Waals surface area contributed by atoms with Gasteiger partial charge in [-0.15, -0.1) is 0 Å². The molecule has 5 nitrogen and oxygen atoms in total. The van der Waals surface area contributed by atoms with Crippen LogP contribution in [0, 0.1) is 0 Å². The second-order valence-electron chi connectivity index (χ2n) is 6.91. The van der Waals surface area contributed by atoms with Gasteiger partial charge < -0.3 is 10.1 Å². The predicted octanol–water partition coefficient (Wildman–Crippen LogP) is 5.91. The molecule has 0 aliphatic heterocycles. The van der Waals surface area contributed by atoms with Crippen LogP contribution in [-0.4, -0.2) is 19.0 Å². The minimum absolute atomic E-state index is 0.268. The number of amides is 3. The van der Waals surface area contributed by atoms with Gasteiger partial charge in [0.2, 0.25) is 0 Å². The van der Waals surface area contributed by atoms with Crippen molar-refractivity contribution in [2.75, 3.05) is 12.4 Å². The first kappa shape index (κ1) is 22.9. The number of anilines is 1. The molecule has 0 aliphatic carbocycles. The van der Waals surface area contributed by atoms with E-state index in [9.17, 15) is 22.8 Å². The highest BCUT2D eigenvalue weighted by Crippen LogP contribution is 2.36. The number of hydrogen-bond donors (Lipinski definition) is 2. The van der Waals surface area contributed by atoms with E-state index in [-0.39, 0.29) is 5.75 Å². The average molecular weight is 442 g/mol. The fourth-order valence-corrected chi connectivity index (χ4v) is 3.25. The van der Waals surface area contributed by atoms with E-state index >= 15 is 0 Å². The molecular weight excluding hydrogens is 421 g/mol. The Hall–Kier alpha value is -3.81. The largest absolute Gasteiger partial charge is 0.496 e. The molecule has 0 aromatic heterocycles. The first-order chi connectivity index (χ1) is 15.2. The zero-order valence-electron chi connectivity index (χ0n) is 17.4. The predicted molar refractivity (Wildman–Crippen MR) is 116 cm³/mol. The average Bonchev–Trinajstić information content (AvgIpc) is 2.78. The maximum atomic E-state index is 13.0. The summed E-state index contributed by atoms with van der Waals surface area (Å²) in [5, 5.41) is 4.81. The fraction of sp³-hybridized carbons (Fsp3) is 0.167. The molecule has 0 saturated carbocycles. The summed E-state index contributed by atoms with van der Waals surface area (Å²) in [7, 11) is 1.38. The van der Waals surface area contributed by atoms with E-state index in [1.54, 1.807) is 12.1 Å². The normalized spacial score (nSPS) is 11.0. The molecular formula is C24H21F3N2O3. The van der Waals surface area contributed by atoms with Gasteiger partial charge in [0.05, 0.1) is 12.7 Å². The summed E-state index contributed by atoms with van der Waals surface area (Å²) >= 11 is 0. The second kappa shape index (κ2) is 9.55. The number of benzene rings is 3.